The Bertz CT molecular complexity index is 440. The van der Waals surface area contributed by atoms with E-state index in [0.717, 1.165) is 23.9 Å². The topological polar surface area (TPSA) is 46.1 Å². The highest BCUT2D eigenvalue weighted by Gasteiger charge is 2.24. The summed E-state index contributed by atoms with van der Waals surface area (Å²) in [6.07, 6.45) is 7.56. The summed E-state index contributed by atoms with van der Waals surface area (Å²) in [6.45, 7) is 5.13. The molecule has 1 aromatic rings. The summed E-state index contributed by atoms with van der Waals surface area (Å²) in [5.41, 5.74) is 0. The normalized spacial score (nSPS) is 17.9. The first-order chi connectivity index (χ1) is 9.61. The average molecular weight is 295 g/mol. The average Bonchev–Trinajstić information content (AvgIpc) is 2.96. The van der Waals surface area contributed by atoms with Crippen LogP contribution in [-0.2, 0) is 6.42 Å². The first kappa shape index (κ1) is 15.4. The molecule has 1 fully saturated rings. The number of carbonyl (C=O) groups excluding carboxylic acids is 1. The second-order valence-electron chi connectivity index (χ2n) is 5.92. The van der Waals surface area contributed by atoms with Crippen molar-refractivity contribution in [3.63, 3.8) is 0 Å². The van der Waals surface area contributed by atoms with Crippen LogP contribution >= 0.6 is 11.3 Å². The fourth-order valence-corrected chi connectivity index (χ4v) is 3.79. The van der Waals surface area contributed by atoms with Gasteiger partial charge in [0.1, 0.15) is 5.01 Å². The number of carbonyl (C=O) groups is 1. The van der Waals surface area contributed by atoms with Gasteiger partial charge in [-0.1, -0.05) is 57.3 Å². The lowest BCUT2D eigenvalue weighted by atomic mass is 9.81. The van der Waals surface area contributed by atoms with Crippen LogP contribution in [0.25, 0.3) is 0 Å². The van der Waals surface area contributed by atoms with Crippen LogP contribution in [0.15, 0.2) is 0 Å². The Hall–Kier alpha value is -0.970. The van der Waals surface area contributed by atoms with Crippen molar-refractivity contribution < 1.29 is 4.79 Å². The van der Waals surface area contributed by atoms with Gasteiger partial charge in [0, 0.05) is 13.6 Å². The number of rotatable bonds is 5. The van der Waals surface area contributed by atoms with Crippen molar-refractivity contribution in [3.05, 3.63) is 10.0 Å². The van der Waals surface area contributed by atoms with Crippen LogP contribution in [0.3, 0.4) is 0 Å². The molecule has 1 amide bonds. The van der Waals surface area contributed by atoms with E-state index < -0.39 is 0 Å². The van der Waals surface area contributed by atoms with Crippen molar-refractivity contribution in [3.8, 4) is 0 Å². The van der Waals surface area contributed by atoms with Crippen molar-refractivity contribution in [1.29, 1.82) is 0 Å². The molecular formula is C15H25N3OS. The number of hydrogen-bond donors (Lipinski definition) is 0. The van der Waals surface area contributed by atoms with E-state index in [9.17, 15) is 4.79 Å². The van der Waals surface area contributed by atoms with Crippen molar-refractivity contribution in [1.82, 2.24) is 15.1 Å². The smallest absolute Gasteiger partial charge is 0.284 e. The van der Waals surface area contributed by atoms with Crippen LogP contribution in [-0.4, -0.2) is 34.6 Å². The lowest BCUT2D eigenvalue weighted by Crippen LogP contribution is -2.34. The molecule has 1 heterocycles. The Balaban J connectivity index is 1.89. The van der Waals surface area contributed by atoms with Crippen LogP contribution in [0.4, 0.5) is 0 Å². The minimum Gasteiger partial charge on any atom is -0.339 e. The van der Waals surface area contributed by atoms with Crippen molar-refractivity contribution in [2.24, 2.45) is 11.8 Å². The maximum Gasteiger partial charge on any atom is 0.284 e. The standard InChI is InChI=1S/C15H25N3OS/c1-4-13-16-17-14(20-13)15(19)18(3)10-11(2)12-8-6-5-7-9-12/h11-12H,4-10H2,1-3H3. The summed E-state index contributed by atoms with van der Waals surface area (Å²) < 4.78 is 0. The summed E-state index contributed by atoms with van der Waals surface area (Å²) in [5, 5.41) is 9.49. The highest BCUT2D eigenvalue weighted by atomic mass is 32.1. The highest BCUT2D eigenvalue weighted by molar-refractivity contribution is 7.13. The largest absolute Gasteiger partial charge is 0.339 e. The van der Waals surface area contributed by atoms with Gasteiger partial charge >= 0.3 is 0 Å². The number of hydrogen-bond acceptors (Lipinski definition) is 4. The lowest BCUT2D eigenvalue weighted by molar-refractivity contribution is 0.0748. The predicted octanol–water partition coefficient (Wildman–Crippen LogP) is 3.39. The van der Waals surface area contributed by atoms with Crippen LogP contribution in [0.2, 0.25) is 0 Å². The summed E-state index contributed by atoms with van der Waals surface area (Å²) in [4.78, 5) is 14.1. The van der Waals surface area contributed by atoms with Crippen molar-refractivity contribution in [2.45, 2.75) is 52.4 Å². The maximum absolute atomic E-state index is 12.3. The SMILES string of the molecule is CCc1nnc(C(=O)N(C)CC(C)C2CCCCC2)s1. The van der Waals surface area contributed by atoms with Gasteiger partial charge in [0.15, 0.2) is 0 Å². The Morgan fingerprint density at radius 2 is 2.05 bits per heavy atom. The monoisotopic (exact) mass is 295 g/mol. The molecule has 0 spiro atoms. The zero-order chi connectivity index (χ0) is 14.5. The van der Waals surface area contributed by atoms with Gasteiger partial charge in [-0.15, -0.1) is 10.2 Å². The Kier molecular flexibility index (Phi) is 5.52. The third kappa shape index (κ3) is 3.78. The summed E-state index contributed by atoms with van der Waals surface area (Å²) in [6, 6.07) is 0. The van der Waals surface area contributed by atoms with Gasteiger partial charge in [0.05, 0.1) is 0 Å². The molecule has 4 nitrogen and oxygen atoms in total. The number of nitrogens with zero attached hydrogens (tertiary/aromatic N) is 3. The molecule has 1 aliphatic rings. The summed E-state index contributed by atoms with van der Waals surface area (Å²) >= 11 is 1.42. The van der Waals surface area contributed by atoms with E-state index in [1.165, 1.54) is 43.4 Å². The third-order valence-electron chi connectivity index (χ3n) is 4.32. The summed E-state index contributed by atoms with van der Waals surface area (Å²) in [7, 11) is 1.88. The molecule has 112 valence electrons. The third-order valence-corrected chi connectivity index (χ3v) is 5.37. The zero-order valence-corrected chi connectivity index (χ0v) is 13.6. The van der Waals surface area contributed by atoms with Crippen molar-refractivity contribution >= 4 is 17.2 Å². The van der Waals surface area contributed by atoms with E-state index in [2.05, 4.69) is 17.1 Å². The molecule has 0 radical (unpaired) electrons. The molecule has 1 unspecified atom stereocenters. The Morgan fingerprint density at radius 1 is 1.35 bits per heavy atom. The number of amides is 1. The lowest BCUT2D eigenvalue weighted by Gasteiger charge is -2.30. The van der Waals surface area contributed by atoms with Gasteiger partial charge in [-0.05, 0) is 18.3 Å². The molecule has 1 saturated carbocycles. The van der Waals surface area contributed by atoms with E-state index in [4.69, 9.17) is 0 Å². The maximum atomic E-state index is 12.3. The van der Waals surface area contributed by atoms with Gasteiger partial charge < -0.3 is 4.90 Å². The number of aryl methyl sites for hydroxylation is 1. The van der Waals surface area contributed by atoms with Crippen molar-refractivity contribution in [2.75, 3.05) is 13.6 Å². The second kappa shape index (κ2) is 7.16. The molecular weight excluding hydrogens is 270 g/mol. The van der Waals surface area contributed by atoms with Crippen LogP contribution < -0.4 is 0 Å². The van der Waals surface area contributed by atoms with Gasteiger partial charge in [-0.25, -0.2) is 0 Å². The van der Waals surface area contributed by atoms with E-state index in [0.29, 0.717) is 10.9 Å². The first-order valence-electron chi connectivity index (χ1n) is 7.69. The molecule has 0 bridgehead atoms. The quantitative estimate of drug-likeness (QED) is 0.836. The molecule has 20 heavy (non-hydrogen) atoms. The van der Waals surface area contributed by atoms with Gasteiger partial charge in [-0.3, -0.25) is 4.79 Å². The predicted molar refractivity (Wildman–Crippen MR) is 82.0 cm³/mol. The Morgan fingerprint density at radius 3 is 2.65 bits per heavy atom. The molecule has 2 rings (SSSR count). The Labute approximate surface area is 125 Å². The van der Waals surface area contributed by atoms with Gasteiger partial charge in [-0.2, -0.15) is 0 Å². The molecule has 1 atom stereocenters. The minimum absolute atomic E-state index is 0.0184. The molecule has 0 N–H and O–H groups in total. The summed E-state index contributed by atoms with van der Waals surface area (Å²) in [5.74, 6) is 1.37. The highest BCUT2D eigenvalue weighted by Crippen LogP contribution is 2.30. The van der Waals surface area contributed by atoms with E-state index in [1.54, 1.807) is 0 Å². The van der Waals surface area contributed by atoms with Crippen LogP contribution in [0.5, 0.6) is 0 Å². The minimum atomic E-state index is 0.0184. The molecule has 0 aromatic carbocycles. The zero-order valence-electron chi connectivity index (χ0n) is 12.8. The first-order valence-corrected chi connectivity index (χ1v) is 8.51. The molecule has 1 aliphatic carbocycles. The van der Waals surface area contributed by atoms with E-state index in [1.807, 2.05) is 18.9 Å². The van der Waals surface area contributed by atoms with Crippen LogP contribution in [0, 0.1) is 11.8 Å². The molecule has 0 aliphatic heterocycles. The number of aromatic nitrogens is 2. The fraction of sp³-hybridized carbons (Fsp3) is 0.800. The molecule has 0 saturated heterocycles. The molecule has 5 heteroatoms. The second-order valence-corrected chi connectivity index (χ2v) is 6.98. The molecule has 1 aromatic heterocycles. The van der Waals surface area contributed by atoms with E-state index >= 15 is 0 Å². The van der Waals surface area contributed by atoms with E-state index in [-0.39, 0.29) is 5.91 Å². The fourth-order valence-electron chi connectivity index (χ4n) is 3.01. The van der Waals surface area contributed by atoms with Crippen LogP contribution in [0.1, 0.15) is 60.8 Å². The van der Waals surface area contributed by atoms with Gasteiger partial charge in [0.25, 0.3) is 5.91 Å². The van der Waals surface area contributed by atoms with Gasteiger partial charge in [0.2, 0.25) is 5.01 Å².